The molecule has 2 heterocycles. The Hall–Kier alpha value is -1.57. The monoisotopic (exact) mass is 347 g/mol. The zero-order valence-corrected chi connectivity index (χ0v) is 14.1. The lowest BCUT2D eigenvalue weighted by molar-refractivity contribution is -0.175. The van der Waals surface area contributed by atoms with E-state index in [4.69, 9.17) is 0 Å². The SMILES string of the molecule is CC(C)c1nccn1[C@@H]1CCCN(C(=O)CCOCC(F)(F)F)C1. The smallest absolute Gasteiger partial charge is 0.372 e. The van der Waals surface area contributed by atoms with Crippen LogP contribution < -0.4 is 0 Å². The Morgan fingerprint density at radius 1 is 1.46 bits per heavy atom. The van der Waals surface area contributed by atoms with Crippen molar-refractivity contribution < 1.29 is 22.7 Å². The third-order valence-corrected chi connectivity index (χ3v) is 4.08. The van der Waals surface area contributed by atoms with E-state index >= 15 is 0 Å². The molecule has 0 bridgehead atoms. The third-order valence-electron chi connectivity index (χ3n) is 4.08. The van der Waals surface area contributed by atoms with Crippen LogP contribution in [0.2, 0.25) is 0 Å². The lowest BCUT2D eigenvalue weighted by atomic mass is 10.0. The maximum Gasteiger partial charge on any atom is 0.411 e. The average Bonchev–Trinajstić information content (AvgIpc) is 3.00. The Morgan fingerprint density at radius 2 is 2.21 bits per heavy atom. The lowest BCUT2D eigenvalue weighted by Crippen LogP contribution is -2.41. The van der Waals surface area contributed by atoms with Crippen LogP contribution in [0.4, 0.5) is 13.2 Å². The molecular formula is C16H24F3N3O2. The van der Waals surface area contributed by atoms with Crippen LogP contribution >= 0.6 is 0 Å². The van der Waals surface area contributed by atoms with Crippen molar-refractivity contribution in [3.8, 4) is 0 Å². The number of halogens is 3. The van der Waals surface area contributed by atoms with Crippen LogP contribution in [0.25, 0.3) is 0 Å². The van der Waals surface area contributed by atoms with Gasteiger partial charge in [0.25, 0.3) is 0 Å². The summed E-state index contributed by atoms with van der Waals surface area (Å²) in [5.74, 6) is 1.12. The first-order chi connectivity index (χ1) is 11.3. The zero-order chi connectivity index (χ0) is 17.7. The van der Waals surface area contributed by atoms with Gasteiger partial charge in [0.05, 0.1) is 19.1 Å². The first-order valence-electron chi connectivity index (χ1n) is 8.23. The van der Waals surface area contributed by atoms with Gasteiger partial charge in [-0.15, -0.1) is 0 Å². The van der Waals surface area contributed by atoms with Crippen molar-refractivity contribution in [1.82, 2.24) is 14.5 Å². The second kappa shape index (κ2) is 8.00. The number of ether oxygens (including phenoxy) is 1. The molecule has 0 spiro atoms. The number of piperidine rings is 1. The molecule has 1 saturated heterocycles. The Kier molecular flexibility index (Phi) is 6.26. The molecule has 5 nitrogen and oxygen atoms in total. The van der Waals surface area contributed by atoms with Crippen LogP contribution in [-0.4, -0.2) is 52.8 Å². The van der Waals surface area contributed by atoms with Crippen molar-refractivity contribution in [2.75, 3.05) is 26.3 Å². The summed E-state index contributed by atoms with van der Waals surface area (Å²) in [4.78, 5) is 18.3. The molecule has 0 saturated carbocycles. The van der Waals surface area contributed by atoms with E-state index < -0.39 is 12.8 Å². The van der Waals surface area contributed by atoms with Gasteiger partial charge in [0.2, 0.25) is 5.91 Å². The molecule has 1 aromatic rings. The number of hydrogen-bond acceptors (Lipinski definition) is 3. The molecule has 8 heteroatoms. The fourth-order valence-corrected chi connectivity index (χ4v) is 2.99. The Labute approximate surface area is 139 Å². The van der Waals surface area contributed by atoms with Gasteiger partial charge in [-0.05, 0) is 12.8 Å². The van der Waals surface area contributed by atoms with E-state index in [1.54, 1.807) is 11.1 Å². The number of hydrogen-bond donors (Lipinski definition) is 0. The molecule has 1 aliphatic heterocycles. The molecule has 24 heavy (non-hydrogen) atoms. The van der Waals surface area contributed by atoms with Gasteiger partial charge in [-0.1, -0.05) is 13.8 Å². The predicted molar refractivity (Wildman–Crippen MR) is 82.7 cm³/mol. The number of amides is 1. The largest absolute Gasteiger partial charge is 0.411 e. The van der Waals surface area contributed by atoms with Crippen molar-refractivity contribution in [2.24, 2.45) is 0 Å². The van der Waals surface area contributed by atoms with Crippen LogP contribution in [0, 0.1) is 0 Å². The minimum atomic E-state index is -4.35. The van der Waals surface area contributed by atoms with Gasteiger partial charge in [0, 0.05) is 31.4 Å². The number of carbonyl (C=O) groups excluding carboxylic acids is 1. The van der Waals surface area contributed by atoms with Crippen LogP contribution in [0.1, 0.15) is 50.9 Å². The minimum Gasteiger partial charge on any atom is -0.372 e. The lowest BCUT2D eigenvalue weighted by Gasteiger charge is -2.34. The van der Waals surface area contributed by atoms with E-state index in [1.807, 2.05) is 6.20 Å². The van der Waals surface area contributed by atoms with E-state index in [0.717, 1.165) is 18.7 Å². The van der Waals surface area contributed by atoms with Crippen LogP contribution in [0.3, 0.4) is 0 Å². The van der Waals surface area contributed by atoms with Crippen molar-refractivity contribution in [1.29, 1.82) is 0 Å². The van der Waals surface area contributed by atoms with Crippen LogP contribution in [0.15, 0.2) is 12.4 Å². The highest BCUT2D eigenvalue weighted by Gasteiger charge is 2.28. The van der Waals surface area contributed by atoms with Crippen molar-refractivity contribution in [3.05, 3.63) is 18.2 Å². The van der Waals surface area contributed by atoms with Gasteiger partial charge in [0.15, 0.2) is 0 Å². The first-order valence-corrected chi connectivity index (χ1v) is 8.23. The second-order valence-corrected chi connectivity index (χ2v) is 6.40. The van der Waals surface area contributed by atoms with Crippen LogP contribution in [-0.2, 0) is 9.53 Å². The molecule has 1 atom stereocenters. The van der Waals surface area contributed by atoms with Crippen LogP contribution in [0.5, 0.6) is 0 Å². The molecule has 1 aliphatic rings. The summed E-state index contributed by atoms with van der Waals surface area (Å²) in [6.07, 6.45) is 1.15. The molecule has 0 N–H and O–H groups in total. The van der Waals surface area contributed by atoms with Gasteiger partial charge in [-0.3, -0.25) is 4.79 Å². The van der Waals surface area contributed by atoms with E-state index in [0.29, 0.717) is 19.0 Å². The molecule has 0 unspecified atom stereocenters. The summed E-state index contributed by atoms with van der Waals surface area (Å²) in [6.45, 7) is 3.83. The van der Waals surface area contributed by atoms with Crippen molar-refractivity contribution in [3.63, 3.8) is 0 Å². The number of aromatic nitrogens is 2. The number of rotatable bonds is 6. The predicted octanol–water partition coefficient (Wildman–Crippen LogP) is 3.14. The number of alkyl halides is 3. The number of imidazole rings is 1. The number of likely N-dealkylation sites (tertiary alicyclic amines) is 1. The zero-order valence-electron chi connectivity index (χ0n) is 14.1. The minimum absolute atomic E-state index is 0.0240. The topological polar surface area (TPSA) is 47.4 Å². The van der Waals surface area contributed by atoms with Gasteiger partial charge >= 0.3 is 6.18 Å². The Morgan fingerprint density at radius 3 is 2.88 bits per heavy atom. The maximum absolute atomic E-state index is 12.2. The molecular weight excluding hydrogens is 323 g/mol. The molecule has 1 aromatic heterocycles. The van der Waals surface area contributed by atoms with Gasteiger partial charge in [-0.25, -0.2) is 4.98 Å². The summed E-state index contributed by atoms with van der Waals surface area (Å²) in [7, 11) is 0. The second-order valence-electron chi connectivity index (χ2n) is 6.40. The molecule has 0 radical (unpaired) electrons. The highest BCUT2D eigenvalue weighted by molar-refractivity contribution is 5.76. The highest BCUT2D eigenvalue weighted by atomic mass is 19.4. The molecule has 1 amide bonds. The summed E-state index contributed by atoms with van der Waals surface area (Å²) >= 11 is 0. The standard InChI is InChI=1S/C16H24F3N3O2/c1-12(2)15-20-6-8-22(15)13-4-3-7-21(10-13)14(23)5-9-24-11-16(17,18)19/h6,8,12-13H,3-5,7,9-11H2,1-2H3/t13-/m1/s1. The first kappa shape index (κ1) is 18.8. The molecule has 0 aromatic carbocycles. The van der Waals surface area contributed by atoms with E-state index in [-0.39, 0.29) is 25.0 Å². The normalized spacial score (nSPS) is 19.1. The van der Waals surface area contributed by atoms with Gasteiger partial charge in [0.1, 0.15) is 12.4 Å². The maximum atomic E-state index is 12.2. The molecule has 1 fully saturated rings. The van der Waals surface area contributed by atoms with Gasteiger partial charge < -0.3 is 14.2 Å². The number of nitrogens with zero attached hydrogens (tertiary/aromatic N) is 3. The van der Waals surface area contributed by atoms with Crippen molar-refractivity contribution >= 4 is 5.91 Å². The molecule has 136 valence electrons. The van der Waals surface area contributed by atoms with Crippen molar-refractivity contribution in [2.45, 2.75) is 51.2 Å². The summed E-state index contributed by atoms with van der Waals surface area (Å²) in [5, 5.41) is 0. The van der Waals surface area contributed by atoms with E-state index in [9.17, 15) is 18.0 Å². The highest BCUT2D eigenvalue weighted by Crippen LogP contribution is 2.26. The molecule has 2 rings (SSSR count). The average molecular weight is 347 g/mol. The summed E-state index contributed by atoms with van der Waals surface area (Å²) in [6, 6.07) is 0.165. The summed E-state index contributed by atoms with van der Waals surface area (Å²) < 4.78 is 42.7. The third kappa shape index (κ3) is 5.22. The van der Waals surface area contributed by atoms with Gasteiger partial charge in [-0.2, -0.15) is 13.2 Å². The summed E-state index contributed by atoms with van der Waals surface area (Å²) in [5.41, 5.74) is 0. The Balaban J connectivity index is 1.86. The van der Waals surface area contributed by atoms with E-state index in [1.165, 1.54) is 0 Å². The quantitative estimate of drug-likeness (QED) is 0.743. The Bertz CT molecular complexity index is 543. The number of carbonyl (C=O) groups is 1. The molecule has 0 aliphatic carbocycles. The van der Waals surface area contributed by atoms with E-state index in [2.05, 4.69) is 28.1 Å². The fourth-order valence-electron chi connectivity index (χ4n) is 2.99. The fraction of sp³-hybridized carbons (Fsp3) is 0.750.